The number of hydrogen-bond acceptors (Lipinski definition) is 3. The lowest BCUT2D eigenvalue weighted by Crippen LogP contribution is -2.53. The summed E-state index contributed by atoms with van der Waals surface area (Å²) in [6.45, 7) is 3.36. The summed E-state index contributed by atoms with van der Waals surface area (Å²) >= 11 is 0. The Kier molecular flexibility index (Phi) is 5.50. The van der Waals surface area contributed by atoms with Crippen molar-refractivity contribution < 1.29 is 9.59 Å². The van der Waals surface area contributed by atoms with Gasteiger partial charge in [0, 0.05) is 56.8 Å². The van der Waals surface area contributed by atoms with E-state index in [2.05, 4.69) is 14.9 Å². The molecule has 2 aliphatic heterocycles. The van der Waals surface area contributed by atoms with Crippen LogP contribution < -0.4 is 0 Å². The highest BCUT2D eigenvalue weighted by atomic mass is 16.2. The van der Waals surface area contributed by atoms with Crippen LogP contribution in [0.15, 0.2) is 12.5 Å². The highest BCUT2D eigenvalue weighted by molar-refractivity contribution is 5.79. The summed E-state index contributed by atoms with van der Waals surface area (Å²) < 4.78 is 0. The number of H-pyrrole nitrogens is 1. The minimum Gasteiger partial charge on any atom is -0.348 e. The highest BCUT2D eigenvalue weighted by Gasteiger charge is 2.42. The molecule has 6 heteroatoms. The minimum atomic E-state index is 0.214. The average molecular weight is 373 g/mol. The topological polar surface area (TPSA) is 69.3 Å². The van der Waals surface area contributed by atoms with Crippen molar-refractivity contribution in [2.75, 3.05) is 26.2 Å². The monoisotopic (exact) mass is 372 g/mol. The summed E-state index contributed by atoms with van der Waals surface area (Å²) in [5.41, 5.74) is 1.29. The number of amides is 2. The maximum absolute atomic E-state index is 12.8. The fraction of sp³-hybridized carbons (Fsp3) is 0.762. The second-order valence-electron chi connectivity index (χ2n) is 8.80. The van der Waals surface area contributed by atoms with Gasteiger partial charge < -0.3 is 14.8 Å². The Balaban J connectivity index is 1.31. The van der Waals surface area contributed by atoms with Crippen LogP contribution in [0.4, 0.5) is 0 Å². The summed E-state index contributed by atoms with van der Waals surface area (Å²) in [6, 6.07) is 0. The zero-order chi connectivity index (χ0) is 18.7. The van der Waals surface area contributed by atoms with Crippen LogP contribution in [-0.2, 0) is 16.0 Å². The molecular weight excluding hydrogens is 340 g/mol. The van der Waals surface area contributed by atoms with E-state index in [1.807, 2.05) is 11.1 Å². The van der Waals surface area contributed by atoms with E-state index in [9.17, 15) is 9.59 Å². The van der Waals surface area contributed by atoms with Crippen molar-refractivity contribution in [3.63, 3.8) is 0 Å². The molecule has 1 saturated carbocycles. The predicted molar refractivity (Wildman–Crippen MR) is 103 cm³/mol. The first-order valence-corrected chi connectivity index (χ1v) is 10.7. The zero-order valence-electron chi connectivity index (χ0n) is 16.3. The standard InChI is InChI=1S/C21H32N4O2/c26-19-6-8-21(15-25(19)11-7-18-14-22-16-23-18)9-12-24(13-10-21)20(27)17-4-2-1-3-5-17/h14,16-17H,1-13,15H2,(H,22,23). The van der Waals surface area contributed by atoms with Gasteiger partial charge in [0.15, 0.2) is 0 Å². The van der Waals surface area contributed by atoms with Crippen molar-refractivity contribution in [2.45, 2.75) is 64.2 Å². The van der Waals surface area contributed by atoms with Crippen molar-refractivity contribution >= 4 is 11.8 Å². The number of aromatic nitrogens is 2. The molecule has 1 aromatic heterocycles. The summed E-state index contributed by atoms with van der Waals surface area (Å²) in [7, 11) is 0. The van der Waals surface area contributed by atoms with Crippen molar-refractivity contribution in [1.29, 1.82) is 0 Å². The number of nitrogens with zero attached hydrogens (tertiary/aromatic N) is 3. The molecule has 0 atom stereocenters. The molecule has 0 bridgehead atoms. The lowest BCUT2D eigenvalue weighted by molar-refractivity contribution is -0.144. The van der Waals surface area contributed by atoms with Gasteiger partial charge in [0.05, 0.1) is 6.33 Å². The van der Waals surface area contributed by atoms with Crippen molar-refractivity contribution in [3.05, 3.63) is 18.2 Å². The van der Waals surface area contributed by atoms with Crippen LogP contribution in [0.2, 0.25) is 0 Å². The molecule has 0 unspecified atom stereocenters. The minimum absolute atomic E-state index is 0.214. The molecule has 4 rings (SSSR count). The smallest absolute Gasteiger partial charge is 0.225 e. The fourth-order valence-electron chi connectivity index (χ4n) is 5.20. The Morgan fingerprint density at radius 2 is 1.96 bits per heavy atom. The first-order valence-electron chi connectivity index (χ1n) is 10.7. The van der Waals surface area contributed by atoms with E-state index in [1.165, 1.54) is 19.3 Å². The molecule has 2 amide bonds. The maximum Gasteiger partial charge on any atom is 0.225 e. The summed E-state index contributed by atoms with van der Waals surface area (Å²) in [4.78, 5) is 36.6. The molecule has 3 fully saturated rings. The van der Waals surface area contributed by atoms with E-state index in [0.717, 1.165) is 70.4 Å². The molecule has 2 saturated heterocycles. The van der Waals surface area contributed by atoms with E-state index >= 15 is 0 Å². The maximum atomic E-state index is 12.8. The van der Waals surface area contributed by atoms with Gasteiger partial charge in [-0.15, -0.1) is 0 Å². The number of hydrogen-bond donors (Lipinski definition) is 1. The van der Waals surface area contributed by atoms with Crippen LogP contribution in [-0.4, -0.2) is 57.8 Å². The van der Waals surface area contributed by atoms with E-state index in [-0.39, 0.29) is 17.2 Å². The third kappa shape index (κ3) is 4.19. The van der Waals surface area contributed by atoms with E-state index < -0.39 is 0 Å². The molecule has 0 aromatic carbocycles. The summed E-state index contributed by atoms with van der Waals surface area (Å²) in [5.74, 6) is 0.944. The van der Waals surface area contributed by atoms with Crippen molar-refractivity contribution in [1.82, 2.24) is 19.8 Å². The molecule has 148 valence electrons. The van der Waals surface area contributed by atoms with Gasteiger partial charge in [-0.1, -0.05) is 19.3 Å². The van der Waals surface area contributed by atoms with Gasteiger partial charge in [-0.05, 0) is 37.5 Å². The van der Waals surface area contributed by atoms with Gasteiger partial charge in [0.2, 0.25) is 11.8 Å². The number of imidazole rings is 1. The Morgan fingerprint density at radius 3 is 2.67 bits per heavy atom. The Hall–Kier alpha value is -1.85. The third-order valence-electron chi connectivity index (χ3n) is 7.04. The van der Waals surface area contributed by atoms with Crippen LogP contribution in [0.25, 0.3) is 0 Å². The molecular formula is C21H32N4O2. The quantitative estimate of drug-likeness (QED) is 0.883. The SMILES string of the molecule is O=C1CCC2(CCN(C(=O)C3CCCCC3)CC2)CN1CCc1cnc[nH]1. The highest BCUT2D eigenvalue weighted by Crippen LogP contribution is 2.41. The molecule has 3 heterocycles. The molecule has 6 nitrogen and oxygen atoms in total. The van der Waals surface area contributed by atoms with Crippen molar-refractivity contribution in [2.24, 2.45) is 11.3 Å². The fourth-order valence-corrected chi connectivity index (χ4v) is 5.20. The van der Waals surface area contributed by atoms with Crippen LogP contribution >= 0.6 is 0 Å². The number of aromatic amines is 1. The largest absolute Gasteiger partial charge is 0.348 e. The van der Waals surface area contributed by atoms with Crippen LogP contribution in [0.3, 0.4) is 0 Å². The normalized spacial score (nSPS) is 23.8. The predicted octanol–water partition coefficient (Wildman–Crippen LogP) is 2.76. The second kappa shape index (κ2) is 8.03. The molecule has 27 heavy (non-hydrogen) atoms. The van der Waals surface area contributed by atoms with Gasteiger partial charge in [-0.3, -0.25) is 9.59 Å². The van der Waals surface area contributed by atoms with E-state index in [0.29, 0.717) is 12.3 Å². The lowest BCUT2D eigenvalue weighted by Gasteiger charge is -2.48. The van der Waals surface area contributed by atoms with Gasteiger partial charge in [-0.2, -0.15) is 0 Å². The number of carbonyl (C=O) groups is 2. The van der Waals surface area contributed by atoms with Crippen LogP contribution in [0.1, 0.15) is 63.5 Å². The number of rotatable bonds is 4. The second-order valence-corrected chi connectivity index (χ2v) is 8.80. The number of carbonyl (C=O) groups excluding carboxylic acids is 2. The number of piperidine rings is 2. The lowest BCUT2D eigenvalue weighted by atomic mass is 9.72. The molecule has 1 N–H and O–H groups in total. The first-order chi connectivity index (χ1) is 13.2. The molecule has 1 aromatic rings. The number of likely N-dealkylation sites (tertiary alicyclic amines) is 2. The molecule has 1 spiro atoms. The summed E-state index contributed by atoms with van der Waals surface area (Å²) in [6.07, 6.45) is 13.9. The van der Waals surface area contributed by atoms with Crippen LogP contribution in [0.5, 0.6) is 0 Å². The average Bonchev–Trinajstić information content (AvgIpc) is 3.23. The van der Waals surface area contributed by atoms with Crippen molar-refractivity contribution in [3.8, 4) is 0 Å². The van der Waals surface area contributed by atoms with Gasteiger partial charge in [0.1, 0.15) is 0 Å². The van der Waals surface area contributed by atoms with Gasteiger partial charge in [-0.25, -0.2) is 4.98 Å². The summed E-state index contributed by atoms with van der Waals surface area (Å²) in [5, 5.41) is 0. The van der Waals surface area contributed by atoms with Gasteiger partial charge in [0.25, 0.3) is 0 Å². The van der Waals surface area contributed by atoms with E-state index in [1.54, 1.807) is 6.33 Å². The molecule has 3 aliphatic rings. The Morgan fingerprint density at radius 1 is 1.19 bits per heavy atom. The zero-order valence-corrected chi connectivity index (χ0v) is 16.3. The number of nitrogens with one attached hydrogen (secondary N) is 1. The molecule has 0 radical (unpaired) electrons. The third-order valence-corrected chi connectivity index (χ3v) is 7.04. The first kappa shape index (κ1) is 18.5. The molecule has 1 aliphatic carbocycles. The Bertz CT molecular complexity index is 643. The Labute approximate surface area is 161 Å². The van der Waals surface area contributed by atoms with E-state index in [4.69, 9.17) is 0 Å². The van der Waals surface area contributed by atoms with Crippen LogP contribution in [0, 0.1) is 11.3 Å². The van der Waals surface area contributed by atoms with Gasteiger partial charge >= 0.3 is 0 Å².